The molecule has 122 valence electrons. The van der Waals surface area contributed by atoms with Crippen LogP contribution in [0.1, 0.15) is 27.4 Å². The Balaban J connectivity index is 2.28. The van der Waals surface area contributed by atoms with Crippen molar-refractivity contribution in [2.75, 3.05) is 14.2 Å². The summed E-state index contributed by atoms with van der Waals surface area (Å²) in [7, 11) is 2.91. The molecular weight excluding hydrogens is 300 g/mol. The van der Waals surface area contributed by atoms with Crippen LogP contribution in [0.2, 0.25) is 0 Å². The lowest BCUT2D eigenvalue weighted by atomic mass is 10.1. The van der Waals surface area contributed by atoms with Crippen LogP contribution >= 0.6 is 0 Å². The Kier molecular flexibility index (Phi) is 5.56. The van der Waals surface area contributed by atoms with Crippen LogP contribution in [0.25, 0.3) is 6.08 Å². The Morgan fingerprint density at radius 1 is 1.13 bits per heavy atom. The quantitative estimate of drug-likeness (QED) is 0.601. The SMILES string of the molecule is COc1cc(C(=O)/C=C/c2ccc(CO)o2)cc(OC)c1CO. The summed E-state index contributed by atoms with van der Waals surface area (Å²) in [6.45, 7) is -0.453. The Hall–Kier alpha value is -2.57. The van der Waals surface area contributed by atoms with E-state index in [1.807, 2.05) is 0 Å². The molecular formula is C17H18O6. The van der Waals surface area contributed by atoms with E-state index in [-0.39, 0.29) is 19.0 Å². The van der Waals surface area contributed by atoms with Crippen molar-refractivity contribution < 1.29 is 28.9 Å². The number of ether oxygens (including phenoxy) is 2. The molecule has 2 rings (SSSR count). The smallest absolute Gasteiger partial charge is 0.186 e. The van der Waals surface area contributed by atoms with Gasteiger partial charge in [-0.05, 0) is 36.4 Å². The molecule has 0 aliphatic heterocycles. The van der Waals surface area contributed by atoms with Crippen molar-refractivity contribution in [2.24, 2.45) is 0 Å². The summed E-state index contributed by atoms with van der Waals surface area (Å²) in [6.07, 6.45) is 2.87. The molecule has 0 saturated heterocycles. The van der Waals surface area contributed by atoms with Crippen LogP contribution in [0.15, 0.2) is 34.8 Å². The van der Waals surface area contributed by atoms with Gasteiger partial charge in [-0.15, -0.1) is 0 Å². The van der Waals surface area contributed by atoms with Gasteiger partial charge in [0.25, 0.3) is 0 Å². The first-order chi connectivity index (χ1) is 11.1. The Labute approximate surface area is 133 Å². The topological polar surface area (TPSA) is 89.1 Å². The number of benzene rings is 1. The van der Waals surface area contributed by atoms with Crippen LogP contribution in [0.5, 0.6) is 11.5 Å². The zero-order chi connectivity index (χ0) is 16.8. The molecule has 0 amide bonds. The lowest BCUT2D eigenvalue weighted by molar-refractivity contribution is 0.104. The second kappa shape index (κ2) is 7.62. The van der Waals surface area contributed by atoms with Gasteiger partial charge in [-0.1, -0.05) is 0 Å². The minimum Gasteiger partial charge on any atom is -0.496 e. The fourth-order valence-electron chi connectivity index (χ4n) is 2.11. The Bertz CT molecular complexity index is 689. The normalized spacial score (nSPS) is 11.0. The van der Waals surface area contributed by atoms with Crippen molar-refractivity contribution in [2.45, 2.75) is 13.2 Å². The van der Waals surface area contributed by atoms with E-state index < -0.39 is 0 Å². The number of ketones is 1. The van der Waals surface area contributed by atoms with E-state index in [2.05, 4.69) is 0 Å². The summed E-state index contributed by atoms with van der Waals surface area (Å²) in [5.74, 6) is 1.38. The standard InChI is InChI=1S/C17H18O6/c1-21-16-7-11(8-17(22-2)14(16)10-19)15(20)6-5-12-3-4-13(9-18)23-12/h3-8,18-19H,9-10H2,1-2H3/b6-5+. The molecule has 1 aromatic heterocycles. The van der Waals surface area contributed by atoms with Gasteiger partial charge in [0.15, 0.2) is 5.78 Å². The van der Waals surface area contributed by atoms with Crippen molar-refractivity contribution in [1.82, 2.24) is 0 Å². The van der Waals surface area contributed by atoms with Gasteiger partial charge < -0.3 is 24.1 Å². The van der Waals surface area contributed by atoms with E-state index in [0.717, 1.165) is 0 Å². The van der Waals surface area contributed by atoms with Crippen molar-refractivity contribution in [3.05, 3.63) is 53.0 Å². The Morgan fingerprint density at radius 3 is 2.26 bits per heavy atom. The van der Waals surface area contributed by atoms with Gasteiger partial charge in [0.1, 0.15) is 29.6 Å². The number of aliphatic hydroxyl groups excluding tert-OH is 2. The maximum atomic E-state index is 12.3. The van der Waals surface area contributed by atoms with Gasteiger partial charge >= 0.3 is 0 Å². The molecule has 1 aromatic carbocycles. The van der Waals surface area contributed by atoms with E-state index in [1.54, 1.807) is 24.3 Å². The lowest BCUT2D eigenvalue weighted by Gasteiger charge is -2.12. The molecule has 2 N–H and O–H groups in total. The molecule has 1 heterocycles. The first-order valence-corrected chi connectivity index (χ1v) is 6.90. The summed E-state index contributed by atoms with van der Waals surface area (Å²) in [5.41, 5.74) is 0.843. The van der Waals surface area contributed by atoms with Gasteiger partial charge in [0.05, 0.1) is 26.4 Å². The van der Waals surface area contributed by atoms with Crippen LogP contribution in [0.3, 0.4) is 0 Å². The van der Waals surface area contributed by atoms with Crippen LogP contribution in [0.4, 0.5) is 0 Å². The van der Waals surface area contributed by atoms with Crippen molar-refractivity contribution in [3.8, 4) is 11.5 Å². The number of hydrogen-bond donors (Lipinski definition) is 2. The number of aliphatic hydroxyl groups is 2. The number of carbonyl (C=O) groups is 1. The fraction of sp³-hybridized carbons (Fsp3) is 0.235. The first-order valence-electron chi connectivity index (χ1n) is 6.90. The van der Waals surface area contributed by atoms with Crippen molar-refractivity contribution in [1.29, 1.82) is 0 Å². The largest absolute Gasteiger partial charge is 0.496 e. The highest BCUT2D eigenvalue weighted by Crippen LogP contribution is 2.31. The number of hydrogen-bond acceptors (Lipinski definition) is 6. The summed E-state index contributed by atoms with van der Waals surface area (Å²) in [6, 6.07) is 6.38. The van der Waals surface area contributed by atoms with Gasteiger partial charge in [0, 0.05) is 5.56 Å². The predicted octanol–water partition coefficient (Wildman–Crippen LogP) is 2.18. The van der Waals surface area contributed by atoms with E-state index in [1.165, 1.54) is 26.4 Å². The molecule has 6 nitrogen and oxygen atoms in total. The van der Waals surface area contributed by atoms with Crippen LogP contribution in [0, 0.1) is 0 Å². The maximum absolute atomic E-state index is 12.3. The summed E-state index contributed by atoms with van der Waals surface area (Å²) >= 11 is 0. The molecule has 2 aromatic rings. The maximum Gasteiger partial charge on any atom is 0.186 e. The van der Waals surface area contributed by atoms with E-state index >= 15 is 0 Å². The molecule has 0 saturated carbocycles. The van der Waals surface area contributed by atoms with Gasteiger partial charge in [-0.3, -0.25) is 4.79 Å². The third-order valence-corrected chi connectivity index (χ3v) is 3.29. The number of methoxy groups -OCH3 is 2. The average Bonchev–Trinajstić information content (AvgIpc) is 3.06. The summed E-state index contributed by atoms with van der Waals surface area (Å²) in [5, 5.41) is 18.3. The molecule has 0 radical (unpaired) electrons. The molecule has 0 aliphatic rings. The monoisotopic (exact) mass is 318 g/mol. The van der Waals surface area contributed by atoms with E-state index in [9.17, 15) is 9.90 Å². The highest BCUT2D eigenvalue weighted by atomic mass is 16.5. The molecule has 0 fully saturated rings. The molecule has 6 heteroatoms. The minimum absolute atomic E-state index is 0.196. The van der Waals surface area contributed by atoms with Gasteiger partial charge in [0.2, 0.25) is 0 Å². The molecule has 0 aliphatic carbocycles. The third-order valence-electron chi connectivity index (χ3n) is 3.29. The second-order valence-corrected chi connectivity index (χ2v) is 4.68. The highest BCUT2D eigenvalue weighted by Gasteiger charge is 2.14. The van der Waals surface area contributed by atoms with Gasteiger partial charge in [-0.2, -0.15) is 0 Å². The second-order valence-electron chi connectivity index (χ2n) is 4.68. The number of carbonyl (C=O) groups excluding carboxylic acids is 1. The van der Waals surface area contributed by atoms with Crippen LogP contribution in [-0.2, 0) is 13.2 Å². The first kappa shape index (κ1) is 16.8. The summed E-state index contributed by atoms with van der Waals surface area (Å²) < 4.78 is 15.6. The molecule has 0 spiro atoms. The van der Waals surface area contributed by atoms with Crippen LogP contribution in [-0.4, -0.2) is 30.2 Å². The summed E-state index contributed by atoms with van der Waals surface area (Å²) in [4.78, 5) is 12.3. The number of allylic oxidation sites excluding steroid dienone is 1. The molecule has 0 atom stereocenters. The number of furan rings is 1. The van der Waals surface area contributed by atoms with Gasteiger partial charge in [-0.25, -0.2) is 0 Å². The van der Waals surface area contributed by atoms with Crippen molar-refractivity contribution in [3.63, 3.8) is 0 Å². The van der Waals surface area contributed by atoms with Crippen molar-refractivity contribution >= 4 is 11.9 Å². The minimum atomic E-state index is -0.270. The highest BCUT2D eigenvalue weighted by molar-refractivity contribution is 6.07. The molecule has 0 bridgehead atoms. The van der Waals surface area contributed by atoms with E-state index in [4.69, 9.17) is 19.0 Å². The predicted molar refractivity (Wildman–Crippen MR) is 83.5 cm³/mol. The molecule has 23 heavy (non-hydrogen) atoms. The molecule has 0 unspecified atom stereocenters. The van der Waals surface area contributed by atoms with E-state index in [0.29, 0.717) is 34.1 Å². The Morgan fingerprint density at radius 2 is 1.78 bits per heavy atom. The average molecular weight is 318 g/mol. The zero-order valence-corrected chi connectivity index (χ0v) is 12.9. The zero-order valence-electron chi connectivity index (χ0n) is 12.9. The fourth-order valence-corrected chi connectivity index (χ4v) is 2.11. The lowest BCUT2D eigenvalue weighted by Crippen LogP contribution is -2.02. The number of rotatable bonds is 7. The van der Waals surface area contributed by atoms with Crippen LogP contribution < -0.4 is 9.47 Å². The third kappa shape index (κ3) is 3.80.